The Morgan fingerprint density at radius 1 is 1.23 bits per heavy atom. The minimum Gasteiger partial charge on any atom is -0.377 e. The summed E-state index contributed by atoms with van der Waals surface area (Å²) in [6, 6.07) is 1.38. The van der Waals surface area contributed by atoms with E-state index in [1.54, 1.807) is 11.8 Å². The summed E-state index contributed by atoms with van der Waals surface area (Å²) in [4.78, 5) is 25.1. The van der Waals surface area contributed by atoms with E-state index >= 15 is 0 Å². The van der Waals surface area contributed by atoms with E-state index in [0.29, 0.717) is 18.3 Å². The third kappa shape index (κ3) is 6.05. The van der Waals surface area contributed by atoms with E-state index in [-0.39, 0.29) is 5.91 Å². The molecule has 0 atom stereocenters. The molecular formula is C23H38N6OS. The zero-order valence-corrected chi connectivity index (χ0v) is 19.9. The zero-order chi connectivity index (χ0) is 21.6. The predicted molar refractivity (Wildman–Crippen MR) is 129 cm³/mol. The van der Waals surface area contributed by atoms with Gasteiger partial charge in [0, 0.05) is 50.4 Å². The van der Waals surface area contributed by atoms with Crippen LogP contribution in [-0.2, 0) is 4.79 Å². The number of allylic oxidation sites excluding steroid dienone is 1. The number of carbonyl (C=O) groups is 1. The van der Waals surface area contributed by atoms with Crippen molar-refractivity contribution in [2.45, 2.75) is 58.0 Å². The normalized spacial score (nSPS) is 24.4. The van der Waals surface area contributed by atoms with Gasteiger partial charge in [0.15, 0.2) is 0 Å². The molecule has 0 aromatic heterocycles. The van der Waals surface area contributed by atoms with Crippen LogP contribution in [0.3, 0.4) is 0 Å². The standard InChI is InChI=1S/C23H38N6OS/c1-18(2)27-11-7-20(8-12-27)28-9-4-10-29(14-13-28)22-6-3-5-21(26-22)23(30)24-15-19-16-31-17-25-19/h5,16,18,20,25H,3-4,6-15,17H2,1-2H3,(H,24,30). The quantitative estimate of drug-likeness (QED) is 0.675. The molecule has 0 radical (unpaired) electrons. The molecule has 0 unspecified atom stereocenters. The lowest BCUT2D eigenvalue weighted by Gasteiger charge is -2.39. The first-order valence-electron chi connectivity index (χ1n) is 11.9. The van der Waals surface area contributed by atoms with Crippen molar-refractivity contribution in [3.63, 3.8) is 0 Å². The van der Waals surface area contributed by atoms with E-state index < -0.39 is 0 Å². The van der Waals surface area contributed by atoms with Crippen LogP contribution in [-0.4, -0.2) is 90.2 Å². The van der Waals surface area contributed by atoms with Crippen molar-refractivity contribution in [3.05, 3.63) is 22.9 Å². The second-order valence-corrected chi connectivity index (χ2v) is 10.1. The summed E-state index contributed by atoms with van der Waals surface area (Å²) in [6.45, 7) is 12.0. The fourth-order valence-corrected chi connectivity index (χ4v) is 5.69. The van der Waals surface area contributed by atoms with Gasteiger partial charge in [0.1, 0.15) is 11.5 Å². The van der Waals surface area contributed by atoms with Gasteiger partial charge in [-0.1, -0.05) is 6.08 Å². The molecule has 2 saturated heterocycles. The lowest BCUT2D eigenvalue weighted by atomic mass is 10.0. The minimum absolute atomic E-state index is 0.0647. The van der Waals surface area contributed by atoms with E-state index in [1.165, 1.54) is 38.9 Å². The second-order valence-electron chi connectivity index (χ2n) is 9.21. The van der Waals surface area contributed by atoms with Crippen molar-refractivity contribution in [1.82, 2.24) is 25.3 Å². The Bertz CT molecular complexity index is 726. The van der Waals surface area contributed by atoms with Crippen LogP contribution in [0, 0.1) is 0 Å². The molecule has 2 fully saturated rings. The highest BCUT2D eigenvalue weighted by molar-refractivity contribution is 8.02. The van der Waals surface area contributed by atoms with Gasteiger partial charge in [-0.3, -0.25) is 9.69 Å². The lowest BCUT2D eigenvalue weighted by Crippen LogP contribution is -2.48. The number of amides is 1. The average molecular weight is 447 g/mol. The molecular weight excluding hydrogens is 408 g/mol. The summed E-state index contributed by atoms with van der Waals surface area (Å²) in [5, 5.41) is 8.33. The van der Waals surface area contributed by atoms with E-state index in [1.807, 2.05) is 6.08 Å². The maximum atomic E-state index is 12.6. The molecule has 1 amide bonds. The van der Waals surface area contributed by atoms with Crippen molar-refractivity contribution in [2.24, 2.45) is 4.99 Å². The highest BCUT2D eigenvalue weighted by atomic mass is 32.2. The number of aliphatic imine (C=N–C) groups is 1. The van der Waals surface area contributed by atoms with Gasteiger partial charge in [-0.2, -0.15) is 0 Å². The molecule has 0 aliphatic carbocycles. The lowest BCUT2D eigenvalue weighted by molar-refractivity contribution is -0.117. The SMILES string of the molecule is CC(C)N1CCC(N2CCCN(C3=NC(C(=O)NCC4=CSCN4)=CCC3)CC2)CC1. The van der Waals surface area contributed by atoms with Gasteiger partial charge < -0.3 is 20.4 Å². The largest absolute Gasteiger partial charge is 0.377 e. The summed E-state index contributed by atoms with van der Waals surface area (Å²) in [5.41, 5.74) is 1.65. The number of hydrogen-bond acceptors (Lipinski definition) is 7. The van der Waals surface area contributed by atoms with Crippen molar-refractivity contribution < 1.29 is 4.79 Å². The number of piperidine rings is 1. The van der Waals surface area contributed by atoms with Crippen LogP contribution >= 0.6 is 11.8 Å². The van der Waals surface area contributed by atoms with Gasteiger partial charge in [-0.25, -0.2) is 4.99 Å². The highest BCUT2D eigenvalue weighted by Crippen LogP contribution is 2.21. The molecule has 172 valence electrons. The summed E-state index contributed by atoms with van der Waals surface area (Å²) in [5.74, 6) is 1.92. The first-order valence-corrected chi connectivity index (χ1v) is 13.0. The van der Waals surface area contributed by atoms with Gasteiger partial charge in [0.05, 0.1) is 12.4 Å². The average Bonchev–Trinajstić information content (AvgIpc) is 3.20. The smallest absolute Gasteiger partial charge is 0.269 e. The Labute approximate surface area is 191 Å². The van der Waals surface area contributed by atoms with Crippen LogP contribution in [0.2, 0.25) is 0 Å². The number of nitrogens with one attached hydrogen (secondary N) is 2. The summed E-state index contributed by atoms with van der Waals surface area (Å²) in [7, 11) is 0. The summed E-state index contributed by atoms with van der Waals surface area (Å²) >= 11 is 1.72. The number of nitrogens with zero attached hydrogens (tertiary/aromatic N) is 4. The molecule has 0 aromatic carbocycles. The molecule has 0 spiro atoms. The zero-order valence-electron chi connectivity index (χ0n) is 19.1. The van der Waals surface area contributed by atoms with Gasteiger partial charge in [0.25, 0.3) is 5.91 Å². The maximum absolute atomic E-state index is 12.6. The van der Waals surface area contributed by atoms with E-state index in [0.717, 1.165) is 55.9 Å². The summed E-state index contributed by atoms with van der Waals surface area (Å²) < 4.78 is 0. The number of likely N-dealkylation sites (tertiary alicyclic amines) is 1. The molecule has 4 aliphatic heterocycles. The van der Waals surface area contributed by atoms with Crippen LogP contribution in [0.5, 0.6) is 0 Å². The third-order valence-electron chi connectivity index (χ3n) is 6.88. The minimum atomic E-state index is -0.0647. The van der Waals surface area contributed by atoms with Gasteiger partial charge >= 0.3 is 0 Å². The van der Waals surface area contributed by atoms with Crippen LogP contribution in [0.4, 0.5) is 0 Å². The second kappa shape index (κ2) is 10.9. The Balaban J connectivity index is 1.28. The van der Waals surface area contributed by atoms with E-state index in [2.05, 4.69) is 44.6 Å². The number of hydrogen-bond donors (Lipinski definition) is 2. The molecule has 4 heterocycles. The molecule has 8 heteroatoms. The Morgan fingerprint density at radius 2 is 2.06 bits per heavy atom. The number of rotatable bonds is 5. The number of thioether (sulfide) groups is 1. The van der Waals surface area contributed by atoms with Crippen molar-refractivity contribution >= 4 is 23.5 Å². The van der Waals surface area contributed by atoms with E-state index in [4.69, 9.17) is 4.99 Å². The molecule has 31 heavy (non-hydrogen) atoms. The topological polar surface area (TPSA) is 63.2 Å². The number of amidine groups is 1. The van der Waals surface area contributed by atoms with Crippen molar-refractivity contribution in [3.8, 4) is 0 Å². The Kier molecular flexibility index (Phi) is 7.96. The molecule has 0 bridgehead atoms. The molecule has 4 aliphatic rings. The molecule has 0 saturated carbocycles. The van der Waals surface area contributed by atoms with Crippen LogP contribution in [0.15, 0.2) is 27.9 Å². The maximum Gasteiger partial charge on any atom is 0.269 e. The van der Waals surface area contributed by atoms with Crippen molar-refractivity contribution in [1.29, 1.82) is 0 Å². The van der Waals surface area contributed by atoms with Crippen LogP contribution < -0.4 is 10.6 Å². The first-order chi connectivity index (χ1) is 15.1. The van der Waals surface area contributed by atoms with E-state index in [9.17, 15) is 4.79 Å². The number of carbonyl (C=O) groups excluding carboxylic acids is 1. The molecule has 2 N–H and O–H groups in total. The summed E-state index contributed by atoms with van der Waals surface area (Å²) in [6.07, 6.45) is 7.56. The fraction of sp³-hybridized carbons (Fsp3) is 0.739. The van der Waals surface area contributed by atoms with Gasteiger partial charge in [0.2, 0.25) is 0 Å². The van der Waals surface area contributed by atoms with Crippen LogP contribution in [0.1, 0.15) is 46.0 Å². The fourth-order valence-electron chi connectivity index (χ4n) is 4.97. The van der Waals surface area contributed by atoms with Gasteiger partial charge in [-0.05, 0) is 58.0 Å². The first kappa shape index (κ1) is 22.7. The monoisotopic (exact) mass is 446 g/mol. The highest BCUT2D eigenvalue weighted by Gasteiger charge is 2.28. The Morgan fingerprint density at radius 3 is 2.81 bits per heavy atom. The Hall–Kier alpha value is -1.51. The van der Waals surface area contributed by atoms with Gasteiger partial charge in [-0.15, -0.1) is 11.8 Å². The molecule has 0 aromatic rings. The predicted octanol–water partition coefficient (Wildman–Crippen LogP) is 2.19. The molecule has 4 rings (SSSR count). The molecule has 7 nitrogen and oxygen atoms in total. The third-order valence-corrected chi connectivity index (χ3v) is 7.64. The van der Waals surface area contributed by atoms with Crippen molar-refractivity contribution in [2.75, 3.05) is 51.7 Å². The van der Waals surface area contributed by atoms with Crippen LogP contribution in [0.25, 0.3) is 0 Å².